The van der Waals surface area contributed by atoms with Crippen LogP contribution in [0.2, 0.25) is 0 Å². The summed E-state index contributed by atoms with van der Waals surface area (Å²) in [5, 5.41) is 5.23. The van der Waals surface area contributed by atoms with E-state index in [4.69, 9.17) is 9.47 Å². The van der Waals surface area contributed by atoms with Crippen molar-refractivity contribution in [3.8, 4) is 11.5 Å². The van der Waals surface area contributed by atoms with Gasteiger partial charge in [-0.25, -0.2) is 0 Å². The Morgan fingerprint density at radius 2 is 1.89 bits per heavy atom. The van der Waals surface area contributed by atoms with Gasteiger partial charge >= 0.3 is 0 Å². The van der Waals surface area contributed by atoms with E-state index in [1.54, 1.807) is 18.2 Å². The average Bonchev–Trinajstić information content (AvgIpc) is 3.21. The Hall–Kier alpha value is -2.99. The number of rotatable bonds is 3. The van der Waals surface area contributed by atoms with E-state index in [1.165, 1.54) is 10.4 Å². The number of hydrogen-bond acceptors (Lipinski definition) is 5. The Bertz CT molecular complexity index is 1030. The lowest BCUT2D eigenvalue weighted by molar-refractivity contribution is 0.102. The number of nitrogens with one attached hydrogen (secondary N) is 1. The van der Waals surface area contributed by atoms with Crippen molar-refractivity contribution in [3.63, 3.8) is 0 Å². The largest absolute Gasteiger partial charge is 0.486 e. The maximum Gasteiger partial charge on any atom is 0.255 e. The van der Waals surface area contributed by atoms with Gasteiger partial charge in [-0.05, 0) is 53.8 Å². The van der Waals surface area contributed by atoms with Crippen LogP contribution in [-0.2, 0) is 13.0 Å². The highest BCUT2D eigenvalue weighted by Crippen LogP contribution is 2.34. The quantitative estimate of drug-likeness (QED) is 0.721. The Morgan fingerprint density at radius 3 is 2.82 bits per heavy atom. The van der Waals surface area contributed by atoms with Gasteiger partial charge < -0.3 is 19.7 Å². The first kappa shape index (κ1) is 17.1. The van der Waals surface area contributed by atoms with Gasteiger partial charge in [0.2, 0.25) is 0 Å². The second-order valence-corrected chi connectivity index (χ2v) is 7.87. The van der Waals surface area contributed by atoms with Crippen LogP contribution < -0.4 is 19.7 Å². The van der Waals surface area contributed by atoms with E-state index in [-0.39, 0.29) is 5.91 Å². The molecule has 3 heterocycles. The highest BCUT2D eigenvalue weighted by Gasteiger charge is 2.21. The Balaban J connectivity index is 1.38. The first-order chi connectivity index (χ1) is 13.8. The normalized spacial score (nSPS) is 15.1. The Kier molecular flexibility index (Phi) is 4.41. The van der Waals surface area contributed by atoms with Crippen LogP contribution in [0.4, 0.5) is 11.4 Å². The van der Waals surface area contributed by atoms with Gasteiger partial charge in [-0.15, -0.1) is 11.3 Å². The summed E-state index contributed by atoms with van der Waals surface area (Å²) in [6.07, 6.45) is 1.04. The standard InChI is InChI=1S/C22H20N2O3S/c25-22(15-5-6-19-20(13-15)27-11-10-26-19)23-17-3-1-2-4-18(17)24-9-7-21-16(14-24)8-12-28-21/h1-6,8,12-13H,7,9-11,14H2,(H,23,25). The molecule has 0 bridgehead atoms. The molecule has 0 fully saturated rings. The number of anilines is 2. The smallest absolute Gasteiger partial charge is 0.255 e. The molecule has 0 atom stereocenters. The monoisotopic (exact) mass is 392 g/mol. The Morgan fingerprint density at radius 1 is 1.04 bits per heavy atom. The van der Waals surface area contributed by atoms with Crippen molar-refractivity contribution >= 4 is 28.6 Å². The summed E-state index contributed by atoms with van der Waals surface area (Å²) in [6, 6.07) is 15.5. The third-order valence-corrected chi connectivity index (χ3v) is 6.13. The third-order valence-electron chi connectivity index (χ3n) is 5.10. The molecule has 28 heavy (non-hydrogen) atoms. The zero-order valence-electron chi connectivity index (χ0n) is 15.3. The number of fused-ring (bicyclic) bond motifs is 2. The summed E-state index contributed by atoms with van der Waals surface area (Å²) in [6.45, 7) is 2.86. The van der Waals surface area contributed by atoms with Crippen molar-refractivity contribution in [1.29, 1.82) is 0 Å². The second kappa shape index (κ2) is 7.20. The molecule has 0 saturated carbocycles. The van der Waals surface area contributed by atoms with Crippen LogP contribution in [0.25, 0.3) is 0 Å². The lowest BCUT2D eigenvalue weighted by atomic mass is 10.1. The molecule has 5 rings (SSSR count). The Labute approximate surface area is 167 Å². The van der Waals surface area contributed by atoms with Crippen LogP contribution in [0, 0.1) is 0 Å². The molecular weight excluding hydrogens is 372 g/mol. The van der Waals surface area contributed by atoms with Crippen LogP contribution in [0.1, 0.15) is 20.8 Å². The van der Waals surface area contributed by atoms with Crippen molar-refractivity contribution in [2.75, 3.05) is 30.0 Å². The van der Waals surface area contributed by atoms with Crippen LogP contribution in [0.15, 0.2) is 53.9 Å². The number of carbonyl (C=O) groups is 1. The van der Waals surface area contributed by atoms with E-state index in [0.717, 1.165) is 30.9 Å². The molecule has 5 nitrogen and oxygen atoms in total. The molecule has 3 aromatic rings. The van der Waals surface area contributed by atoms with Crippen molar-refractivity contribution in [2.45, 2.75) is 13.0 Å². The fourth-order valence-electron chi connectivity index (χ4n) is 3.69. The molecule has 0 spiro atoms. The first-order valence-corrected chi connectivity index (χ1v) is 10.3. The number of ether oxygens (including phenoxy) is 2. The van der Waals surface area contributed by atoms with Gasteiger partial charge in [0.15, 0.2) is 11.5 Å². The number of carbonyl (C=O) groups excluding carboxylic acids is 1. The average molecular weight is 392 g/mol. The number of amides is 1. The summed E-state index contributed by atoms with van der Waals surface area (Å²) in [5.41, 5.74) is 3.80. The fourth-order valence-corrected chi connectivity index (χ4v) is 4.58. The predicted octanol–water partition coefficient (Wildman–Crippen LogP) is 4.33. The van der Waals surface area contributed by atoms with Gasteiger partial charge in [0.25, 0.3) is 5.91 Å². The SMILES string of the molecule is O=C(Nc1ccccc1N1CCc2sccc2C1)c1ccc2c(c1)OCCO2. The summed E-state index contributed by atoms with van der Waals surface area (Å²) in [4.78, 5) is 16.7. The molecule has 2 aromatic carbocycles. The minimum atomic E-state index is -0.155. The number of nitrogens with zero attached hydrogens (tertiary/aromatic N) is 1. The van der Waals surface area contributed by atoms with E-state index < -0.39 is 0 Å². The number of hydrogen-bond donors (Lipinski definition) is 1. The number of benzene rings is 2. The maximum atomic E-state index is 12.9. The van der Waals surface area contributed by atoms with Gasteiger partial charge in [-0.1, -0.05) is 12.1 Å². The zero-order valence-corrected chi connectivity index (χ0v) is 16.1. The summed E-state index contributed by atoms with van der Waals surface area (Å²) in [5.74, 6) is 1.15. The van der Waals surface area contributed by atoms with Crippen LogP contribution in [0.3, 0.4) is 0 Å². The summed E-state index contributed by atoms with van der Waals surface area (Å²) >= 11 is 1.83. The number of para-hydroxylation sites is 2. The number of thiophene rings is 1. The molecule has 142 valence electrons. The zero-order chi connectivity index (χ0) is 18.9. The molecular formula is C22H20N2O3S. The molecule has 6 heteroatoms. The molecule has 0 saturated heterocycles. The summed E-state index contributed by atoms with van der Waals surface area (Å²) in [7, 11) is 0. The minimum absolute atomic E-state index is 0.155. The predicted molar refractivity (Wildman–Crippen MR) is 111 cm³/mol. The highest BCUT2D eigenvalue weighted by atomic mass is 32.1. The lowest BCUT2D eigenvalue weighted by Crippen LogP contribution is -2.30. The van der Waals surface area contributed by atoms with Crippen LogP contribution in [-0.4, -0.2) is 25.7 Å². The van der Waals surface area contributed by atoms with Gasteiger partial charge in [0.1, 0.15) is 13.2 Å². The topological polar surface area (TPSA) is 50.8 Å². The van der Waals surface area contributed by atoms with E-state index >= 15 is 0 Å². The molecule has 2 aliphatic heterocycles. The van der Waals surface area contributed by atoms with Crippen LogP contribution in [0.5, 0.6) is 11.5 Å². The van der Waals surface area contributed by atoms with E-state index in [2.05, 4.69) is 27.7 Å². The van der Waals surface area contributed by atoms with E-state index in [0.29, 0.717) is 30.3 Å². The van der Waals surface area contributed by atoms with Crippen molar-refractivity contribution in [2.24, 2.45) is 0 Å². The van der Waals surface area contributed by atoms with Crippen LogP contribution >= 0.6 is 11.3 Å². The minimum Gasteiger partial charge on any atom is -0.486 e. The van der Waals surface area contributed by atoms with Crippen molar-refractivity contribution in [3.05, 3.63) is 69.9 Å². The lowest BCUT2D eigenvalue weighted by Gasteiger charge is -2.30. The van der Waals surface area contributed by atoms with Gasteiger partial charge in [0.05, 0.1) is 11.4 Å². The van der Waals surface area contributed by atoms with Gasteiger partial charge in [-0.2, -0.15) is 0 Å². The second-order valence-electron chi connectivity index (χ2n) is 6.87. The van der Waals surface area contributed by atoms with Crippen molar-refractivity contribution in [1.82, 2.24) is 0 Å². The molecule has 0 aliphatic carbocycles. The molecule has 1 amide bonds. The van der Waals surface area contributed by atoms with E-state index in [1.807, 2.05) is 29.5 Å². The first-order valence-electron chi connectivity index (χ1n) is 9.38. The molecule has 0 radical (unpaired) electrons. The maximum absolute atomic E-state index is 12.9. The third kappa shape index (κ3) is 3.20. The highest BCUT2D eigenvalue weighted by molar-refractivity contribution is 7.10. The molecule has 0 unspecified atom stereocenters. The van der Waals surface area contributed by atoms with Gasteiger partial charge in [-0.3, -0.25) is 4.79 Å². The molecule has 1 aromatic heterocycles. The van der Waals surface area contributed by atoms with Crippen molar-refractivity contribution < 1.29 is 14.3 Å². The molecule has 1 N–H and O–H groups in total. The fraction of sp³-hybridized carbons (Fsp3) is 0.227. The summed E-state index contributed by atoms with van der Waals surface area (Å²) < 4.78 is 11.1. The van der Waals surface area contributed by atoms with Gasteiger partial charge in [0, 0.05) is 23.5 Å². The van der Waals surface area contributed by atoms with E-state index in [9.17, 15) is 4.79 Å². The molecule has 2 aliphatic rings.